The van der Waals surface area contributed by atoms with E-state index in [1.807, 2.05) is 12.3 Å². The minimum absolute atomic E-state index is 0.194. The third-order valence-electron chi connectivity index (χ3n) is 4.76. The molecule has 112 valence electrons. The Labute approximate surface area is 125 Å². The van der Waals surface area contributed by atoms with Crippen molar-refractivity contribution in [1.82, 2.24) is 15.6 Å². The predicted molar refractivity (Wildman–Crippen MR) is 85.2 cm³/mol. The normalized spacial score (nSPS) is 21.8. The zero-order chi connectivity index (χ0) is 14.7. The number of H-pyrrole nitrogens is 1. The van der Waals surface area contributed by atoms with E-state index >= 15 is 0 Å². The average molecular weight is 285 g/mol. The summed E-state index contributed by atoms with van der Waals surface area (Å²) in [6.07, 6.45) is 4.76. The molecular formula is C17H23N3O. The second-order valence-corrected chi connectivity index (χ2v) is 5.93. The fourth-order valence-electron chi connectivity index (χ4n) is 3.24. The van der Waals surface area contributed by atoms with E-state index in [9.17, 15) is 4.79 Å². The van der Waals surface area contributed by atoms with Crippen LogP contribution < -0.4 is 10.6 Å². The van der Waals surface area contributed by atoms with Crippen LogP contribution in [0.25, 0.3) is 10.9 Å². The van der Waals surface area contributed by atoms with Crippen LogP contribution in [0.2, 0.25) is 0 Å². The van der Waals surface area contributed by atoms with Crippen LogP contribution in [0.5, 0.6) is 0 Å². The average Bonchev–Trinajstić information content (AvgIpc) is 3.15. The highest BCUT2D eigenvalue weighted by Gasteiger charge is 2.39. The number of carbonyl (C=O) groups excluding carboxylic acids is 1. The topological polar surface area (TPSA) is 56.9 Å². The molecule has 4 nitrogen and oxygen atoms in total. The summed E-state index contributed by atoms with van der Waals surface area (Å²) < 4.78 is 0. The molecule has 1 saturated heterocycles. The number of para-hydroxylation sites is 1. The number of hydrogen-bond acceptors (Lipinski definition) is 2. The summed E-state index contributed by atoms with van der Waals surface area (Å²) in [5.74, 6) is 0.204. The van der Waals surface area contributed by atoms with Crippen LogP contribution in [0.15, 0.2) is 30.5 Å². The molecule has 0 saturated carbocycles. The van der Waals surface area contributed by atoms with Crippen LogP contribution in [0, 0.1) is 5.41 Å². The smallest absolute Gasteiger partial charge is 0.227 e. The van der Waals surface area contributed by atoms with E-state index in [1.165, 1.54) is 10.9 Å². The number of hydrogen-bond donors (Lipinski definition) is 3. The Balaban J connectivity index is 1.60. The van der Waals surface area contributed by atoms with E-state index in [0.717, 1.165) is 37.9 Å². The van der Waals surface area contributed by atoms with Gasteiger partial charge < -0.3 is 15.6 Å². The predicted octanol–water partition coefficient (Wildman–Crippen LogP) is 2.22. The number of aromatic amines is 1. The highest BCUT2D eigenvalue weighted by Crippen LogP contribution is 2.29. The number of benzene rings is 1. The van der Waals surface area contributed by atoms with Crippen molar-refractivity contribution >= 4 is 16.8 Å². The van der Waals surface area contributed by atoms with Crippen molar-refractivity contribution in [3.63, 3.8) is 0 Å². The van der Waals surface area contributed by atoms with Gasteiger partial charge in [0.1, 0.15) is 0 Å². The van der Waals surface area contributed by atoms with Crippen molar-refractivity contribution < 1.29 is 4.79 Å². The van der Waals surface area contributed by atoms with Crippen molar-refractivity contribution in [2.45, 2.75) is 26.2 Å². The van der Waals surface area contributed by atoms with Gasteiger partial charge in [-0.25, -0.2) is 0 Å². The van der Waals surface area contributed by atoms with Crippen LogP contribution in [-0.2, 0) is 11.2 Å². The molecule has 0 spiro atoms. The van der Waals surface area contributed by atoms with E-state index in [-0.39, 0.29) is 11.3 Å². The van der Waals surface area contributed by atoms with Crippen molar-refractivity contribution in [1.29, 1.82) is 0 Å². The second kappa shape index (κ2) is 5.90. The van der Waals surface area contributed by atoms with E-state index < -0.39 is 0 Å². The molecule has 1 aliphatic heterocycles. The Bertz CT molecular complexity index is 626. The van der Waals surface area contributed by atoms with Crippen LogP contribution in [0.4, 0.5) is 0 Å². The molecular weight excluding hydrogens is 262 g/mol. The minimum Gasteiger partial charge on any atom is -0.361 e. The molecule has 1 aromatic carbocycles. The largest absolute Gasteiger partial charge is 0.361 e. The first-order valence-electron chi connectivity index (χ1n) is 7.79. The zero-order valence-corrected chi connectivity index (χ0v) is 12.5. The van der Waals surface area contributed by atoms with E-state index in [2.05, 4.69) is 40.7 Å². The van der Waals surface area contributed by atoms with Gasteiger partial charge >= 0.3 is 0 Å². The lowest BCUT2D eigenvalue weighted by Crippen LogP contribution is -2.42. The SMILES string of the molecule is CCC1(C(=O)NCCc2c[nH]c3ccccc23)CCNC1. The standard InChI is InChI=1S/C17H23N3O/c1-2-17(8-10-18-12-17)16(21)19-9-7-13-11-20-15-6-4-3-5-14(13)15/h3-6,11,18,20H,2,7-10,12H2,1H3,(H,19,21). The van der Waals surface area contributed by atoms with Gasteiger partial charge in [0.2, 0.25) is 5.91 Å². The van der Waals surface area contributed by atoms with Crippen molar-refractivity contribution in [3.05, 3.63) is 36.0 Å². The van der Waals surface area contributed by atoms with Crippen molar-refractivity contribution in [2.75, 3.05) is 19.6 Å². The molecule has 1 atom stereocenters. The van der Waals surface area contributed by atoms with Gasteiger partial charge in [-0.2, -0.15) is 0 Å². The second-order valence-electron chi connectivity index (χ2n) is 5.93. The first-order chi connectivity index (χ1) is 10.2. The van der Waals surface area contributed by atoms with Crippen LogP contribution in [-0.4, -0.2) is 30.5 Å². The first kappa shape index (κ1) is 14.1. The number of carbonyl (C=O) groups is 1. The molecule has 0 radical (unpaired) electrons. The van der Waals surface area contributed by atoms with E-state index in [0.29, 0.717) is 6.54 Å². The molecule has 1 unspecified atom stereocenters. The van der Waals surface area contributed by atoms with Gasteiger partial charge in [-0.1, -0.05) is 25.1 Å². The molecule has 1 aliphatic rings. The number of nitrogens with one attached hydrogen (secondary N) is 3. The Hall–Kier alpha value is -1.81. The van der Waals surface area contributed by atoms with Gasteiger partial charge in [0.05, 0.1) is 5.41 Å². The summed E-state index contributed by atoms with van der Waals surface area (Å²) >= 11 is 0. The summed E-state index contributed by atoms with van der Waals surface area (Å²) in [6.45, 7) is 4.56. The molecule has 3 rings (SSSR count). The van der Waals surface area contributed by atoms with Crippen LogP contribution in [0.1, 0.15) is 25.3 Å². The molecule has 2 heterocycles. The fourth-order valence-corrected chi connectivity index (χ4v) is 3.24. The van der Waals surface area contributed by atoms with Gasteiger partial charge in [-0.3, -0.25) is 4.79 Å². The first-order valence-corrected chi connectivity index (χ1v) is 7.79. The maximum absolute atomic E-state index is 12.4. The number of fused-ring (bicyclic) bond motifs is 1. The van der Waals surface area contributed by atoms with Crippen molar-refractivity contribution in [2.24, 2.45) is 5.41 Å². The van der Waals surface area contributed by atoms with Crippen molar-refractivity contribution in [3.8, 4) is 0 Å². The Morgan fingerprint density at radius 3 is 3.00 bits per heavy atom. The van der Waals surface area contributed by atoms with Gasteiger partial charge in [0.25, 0.3) is 0 Å². The Kier molecular flexibility index (Phi) is 3.97. The fraction of sp³-hybridized carbons (Fsp3) is 0.471. The van der Waals surface area contributed by atoms with Crippen LogP contribution in [0.3, 0.4) is 0 Å². The van der Waals surface area contributed by atoms with Gasteiger partial charge in [-0.05, 0) is 37.4 Å². The third kappa shape index (κ3) is 2.68. The number of aromatic nitrogens is 1. The van der Waals surface area contributed by atoms with E-state index in [4.69, 9.17) is 0 Å². The minimum atomic E-state index is -0.194. The van der Waals surface area contributed by atoms with Crippen LogP contribution >= 0.6 is 0 Å². The molecule has 4 heteroatoms. The highest BCUT2D eigenvalue weighted by molar-refractivity contribution is 5.84. The lowest BCUT2D eigenvalue weighted by Gasteiger charge is -2.25. The van der Waals surface area contributed by atoms with Gasteiger partial charge in [0, 0.05) is 30.2 Å². The quantitative estimate of drug-likeness (QED) is 0.789. The summed E-state index contributed by atoms with van der Waals surface area (Å²) in [6, 6.07) is 8.28. The third-order valence-corrected chi connectivity index (χ3v) is 4.76. The molecule has 1 aromatic heterocycles. The lowest BCUT2D eigenvalue weighted by atomic mass is 9.83. The number of amides is 1. The number of rotatable bonds is 5. The summed E-state index contributed by atoms with van der Waals surface area (Å²) in [5, 5.41) is 7.68. The van der Waals surface area contributed by atoms with Gasteiger partial charge in [-0.15, -0.1) is 0 Å². The molecule has 3 N–H and O–H groups in total. The maximum Gasteiger partial charge on any atom is 0.227 e. The molecule has 21 heavy (non-hydrogen) atoms. The molecule has 1 fully saturated rings. The highest BCUT2D eigenvalue weighted by atomic mass is 16.2. The summed E-state index contributed by atoms with van der Waals surface area (Å²) in [5.41, 5.74) is 2.23. The Morgan fingerprint density at radius 2 is 2.24 bits per heavy atom. The van der Waals surface area contributed by atoms with Gasteiger partial charge in [0.15, 0.2) is 0 Å². The molecule has 0 aliphatic carbocycles. The van der Waals surface area contributed by atoms with E-state index in [1.54, 1.807) is 0 Å². The molecule has 0 bridgehead atoms. The summed E-state index contributed by atoms with van der Waals surface area (Å²) in [4.78, 5) is 15.7. The monoisotopic (exact) mass is 285 g/mol. The summed E-state index contributed by atoms with van der Waals surface area (Å²) in [7, 11) is 0. The zero-order valence-electron chi connectivity index (χ0n) is 12.5. The lowest BCUT2D eigenvalue weighted by molar-refractivity contribution is -0.130. The maximum atomic E-state index is 12.4. The molecule has 2 aromatic rings. The molecule has 1 amide bonds. The Morgan fingerprint density at radius 1 is 1.38 bits per heavy atom.